The van der Waals surface area contributed by atoms with Crippen LogP contribution in [-0.2, 0) is 19.1 Å². The summed E-state index contributed by atoms with van der Waals surface area (Å²) in [6.07, 6.45) is 9.60. The Morgan fingerprint density at radius 1 is 1.05 bits per heavy atom. The first kappa shape index (κ1) is 34.1. The molecule has 8 nitrogen and oxygen atoms in total. The zero-order valence-electron chi connectivity index (χ0n) is 26.8. The van der Waals surface area contributed by atoms with Crippen molar-refractivity contribution in [2.75, 3.05) is 49.2 Å². The summed E-state index contributed by atoms with van der Waals surface area (Å²) in [7, 11) is 0. The zero-order valence-corrected chi connectivity index (χ0v) is 27.7. The minimum atomic E-state index is -0.695. The molecule has 2 bridgehead atoms. The van der Waals surface area contributed by atoms with Gasteiger partial charge in [0.05, 0.1) is 23.2 Å². The van der Waals surface area contributed by atoms with E-state index in [-0.39, 0.29) is 24.4 Å². The molecular weight excluding hydrogens is 574 g/mol. The van der Waals surface area contributed by atoms with Crippen molar-refractivity contribution < 1.29 is 24.2 Å². The predicted octanol–water partition coefficient (Wildman–Crippen LogP) is 5.60. The normalized spacial score (nSPS) is 26.9. The third kappa shape index (κ3) is 6.45. The van der Waals surface area contributed by atoms with E-state index >= 15 is 0 Å². The largest absolute Gasteiger partial charge is 0.465 e. The maximum absolute atomic E-state index is 14.8. The molecule has 9 heteroatoms. The molecule has 3 saturated heterocycles. The lowest BCUT2D eigenvalue weighted by atomic mass is 9.66. The van der Waals surface area contributed by atoms with Gasteiger partial charge in [0.1, 0.15) is 6.04 Å². The Balaban J connectivity index is 1.68. The summed E-state index contributed by atoms with van der Waals surface area (Å²) < 4.78 is 4.60. The molecule has 3 heterocycles. The monoisotopic (exact) mass is 625 g/mol. The molecule has 0 radical (unpaired) electrons. The van der Waals surface area contributed by atoms with Crippen molar-refractivity contribution in [3.05, 3.63) is 49.6 Å². The van der Waals surface area contributed by atoms with Gasteiger partial charge < -0.3 is 24.5 Å². The number of thioether (sulfide) groups is 1. The lowest BCUT2D eigenvalue weighted by Crippen LogP contribution is -2.55. The number of likely N-dealkylation sites (tertiary alicyclic amines) is 1. The molecule has 3 aliphatic rings. The van der Waals surface area contributed by atoms with Gasteiger partial charge in [-0.25, -0.2) is 0 Å². The van der Waals surface area contributed by atoms with Crippen molar-refractivity contribution in [2.24, 2.45) is 11.8 Å². The molecule has 242 valence electrons. The molecule has 4 rings (SSSR count). The number of carbonyl (C=O) groups is 3. The van der Waals surface area contributed by atoms with E-state index in [0.717, 1.165) is 56.6 Å². The standard InChI is InChI=1S/C35H51N3O5S/c1-6-10-15-25-43-33(42)29-28-31(40)38(23-13-11-12-14-24-39)30(35(28)21-20-34(29,5)44-35)32(41)37(22-7-2)27-18-16-26(17-19-27)36(8-3)9-4/h6-7,16-19,28-30,39H,1-2,8-15,20-25H2,3-5H3/t28-,29-,30?,34+,35?/m0/s1. The third-order valence-corrected chi connectivity index (χ3v) is 11.7. The van der Waals surface area contributed by atoms with Crippen LogP contribution in [0, 0.1) is 11.8 Å². The van der Waals surface area contributed by atoms with Crippen LogP contribution in [0.5, 0.6) is 0 Å². The number of esters is 1. The number of fused-ring (bicyclic) bond motifs is 1. The van der Waals surface area contributed by atoms with Gasteiger partial charge in [0.15, 0.2) is 0 Å². The van der Waals surface area contributed by atoms with E-state index < -0.39 is 27.4 Å². The molecule has 3 aliphatic heterocycles. The van der Waals surface area contributed by atoms with Crippen LogP contribution in [0.15, 0.2) is 49.6 Å². The van der Waals surface area contributed by atoms with E-state index in [9.17, 15) is 19.5 Å². The van der Waals surface area contributed by atoms with Crippen LogP contribution in [-0.4, -0.2) is 82.7 Å². The SMILES string of the molecule is C=CCCCOC(=O)[C@@H]1[C@H]2C(=O)N(CCCCCCO)C(C(=O)N(CC=C)c3ccc(N(CC)CC)cc3)C23CC[C@@]1(C)S3. The van der Waals surface area contributed by atoms with Crippen molar-refractivity contribution in [3.63, 3.8) is 0 Å². The smallest absolute Gasteiger partial charge is 0.311 e. The molecule has 3 fully saturated rings. The number of unbranched alkanes of at least 4 members (excludes halogenated alkanes) is 4. The summed E-state index contributed by atoms with van der Waals surface area (Å²) in [5.41, 5.74) is 1.86. The molecule has 1 spiro atoms. The fourth-order valence-electron chi connectivity index (χ4n) is 7.57. The number of allylic oxidation sites excluding steroid dienone is 1. The average Bonchev–Trinajstić information content (AvgIpc) is 3.59. The molecular formula is C35H51N3O5S. The molecule has 2 unspecified atom stereocenters. The fraction of sp³-hybridized carbons (Fsp3) is 0.629. The minimum absolute atomic E-state index is 0.107. The lowest BCUT2D eigenvalue weighted by molar-refractivity contribution is -0.155. The predicted molar refractivity (Wildman–Crippen MR) is 179 cm³/mol. The Kier molecular flexibility index (Phi) is 11.6. The van der Waals surface area contributed by atoms with Gasteiger partial charge in [-0.1, -0.05) is 25.0 Å². The van der Waals surface area contributed by atoms with Crippen LogP contribution in [0.4, 0.5) is 11.4 Å². The molecule has 1 aromatic carbocycles. The van der Waals surface area contributed by atoms with E-state index in [1.165, 1.54) is 0 Å². The quantitative estimate of drug-likeness (QED) is 0.129. The van der Waals surface area contributed by atoms with Crippen molar-refractivity contribution in [1.82, 2.24) is 4.90 Å². The number of carbonyl (C=O) groups excluding carboxylic acids is 3. The summed E-state index contributed by atoms with van der Waals surface area (Å²) in [6, 6.07) is 7.35. The molecule has 0 aliphatic carbocycles. The lowest BCUT2D eigenvalue weighted by Gasteiger charge is -2.37. The zero-order chi connectivity index (χ0) is 31.9. The first-order valence-corrected chi connectivity index (χ1v) is 17.2. The highest BCUT2D eigenvalue weighted by Crippen LogP contribution is 2.71. The first-order chi connectivity index (χ1) is 21.2. The van der Waals surface area contributed by atoms with Gasteiger partial charge >= 0.3 is 5.97 Å². The number of hydrogen-bond acceptors (Lipinski definition) is 7. The molecule has 0 aromatic heterocycles. The van der Waals surface area contributed by atoms with Gasteiger partial charge in [-0.15, -0.1) is 24.9 Å². The van der Waals surface area contributed by atoms with Gasteiger partial charge in [-0.05, 0) is 83.6 Å². The second kappa shape index (κ2) is 15.0. The van der Waals surface area contributed by atoms with Gasteiger partial charge in [-0.2, -0.15) is 0 Å². The molecule has 1 N–H and O–H groups in total. The van der Waals surface area contributed by atoms with Crippen LogP contribution in [0.1, 0.15) is 72.1 Å². The number of aliphatic hydroxyl groups is 1. The molecule has 5 atom stereocenters. The number of nitrogens with zero attached hydrogens (tertiary/aromatic N) is 3. The number of hydrogen-bond donors (Lipinski definition) is 1. The Hall–Kier alpha value is -2.78. The van der Waals surface area contributed by atoms with Gasteiger partial charge in [-0.3, -0.25) is 14.4 Å². The summed E-state index contributed by atoms with van der Waals surface area (Å²) in [6.45, 7) is 17.0. The Bertz CT molecular complexity index is 1190. The Morgan fingerprint density at radius 3 is 2.36 bits per heavy atom. The van der Waals surface area contributed by atoms with Crippen LogP contribution in [0.2, 0.25) is 0 Å². The number of rotatable bonds is 18. The van der Waals surface area contributed by atoms with Crippen LogP contribution < -0.4 is 9.80 Å². The van der Waals surface area contributed by atoms with Crippen molar-refractivity contribution in [3.8, 4) is 0 Å². The fourth-order valence-corrected chi connectivity index (χ4v) is 9.91. The maximum atomic E-state index is 14.8. The molecule has 2 amide bonds. The van der Waals surface area contributed by atoms with E-state index in [0.29, 0.717) is 39.0 Å². The highest BCUT2D eigenvalue weighted by molar-refractivity contribution is 8.02. The van der Waals surface area contributed by atoms with E-state index in [1.54, 1.807) is 33.7 Å². The van der Waals surface area contributed by atoms with Crippen LogP contribution >= 0.6 is 11.8 Å². The van der Waals surface area contributed by atoms with E-state index in [2.05, 4.69) is 38.8 Å². The van der Waals surface area contributed by atoms with Crippen molar-refractivity contribution in [2.45, 2.75) is 87.7 Å². The van der Waals surface area contributed by atoms with Gasteiger partial charge in [0.25, 0.3) is 5.91 Å². The second-order valence-electron chi connectivity index (χ2n) is 12.4. The van der Waals surface area contributed by atoms with Crippen molar-refractivity contribution >= 4 is 40.9 Å². The highest BCUT2D eigenvalue weighted by Gasteiger charge is 2.77. The maximum Gasteiger partial charge on any atom is 0.311 e. The number of amides is 2. The molecule has 0 saturated carbocycles. The molecule has 44 heavy (non-hydrogen) atoms. The van der Waals surface area contributed by atoms with E-state index in [1.807, 2.05) is 24.3 Å². The van der Waals surface area contributed by atoms with Crippen LogP contribution in [0.25, 0.3) is 0 Å². The van der Waals surface area contributed by atoms with Crippen LogP contribution in [0.3, 0.4) is 0 Å². The van der Waals surface area contributed by atoms with Crippen molar-refractivity contribution in [1.29, 1.82) is 0 Å². The first-order valence-electron chi connectivity index (χ1n) is 16.4. The highest BCUT2D eigenvalue weighted by atomic mass is 32.2. The number of ether oxygens (including phenoxy) is 1. The summed E-state index contributed by atoms with van der Waals surface area (Å²) >= 11 is 1.67. The Labute approximate surface area is 267 Å². The number of benzene rings is 1. The van der Waals surface area contributed by atoms with Gasteiger partial charge in [0, 0.05) is 48.9 Å². The molecule has 1 aromatic rings. The minimum Gasteiger partial charge on any atom is -0.465 e. The summed E-state index contributed by atoms with van der Waals surface area (Å²) in [4.78, 5) is 48.6. The number of anilines is 2. The summed E-state index contributed by atoms with van der Waals surface area (Å²) in [5.74, 6) is -1.74. The Morgan fingerprint density at radius 2 is 1.73 bits per heavy atom. The second-order valence-corrected chi connectivity index (χ2v) is 14.3. The third-order valence-electron chi connectivity index (χ3n) is 9.74. The average molecular weight is 626 g/mol. The number of aliphatic hydroxyl groups excluding tert-OH is 1. The van der Waals surface area contributed by atoms with E-state index in [4.69, 9.17) is 4.74 Å². The topological polar surface area (TPSA) is 90.4 Å². The summed E-state index contributed by atoms with van der Waals surface area (Å²) in [5, 5.41) is 9.23. The van der Waals surface area contributed by atoms with Gasteiger partial charge in [0.2, 0.25) is 5.91 Å².